The van der Waals surface area contributed by atoms with Crippen LogP contribution in [0.1, 0.15) is 18.5 Å². The summed E-state index contributed by atoms with van der Waals surface area (Å²) in [4.78, 5) is 6.52. The zero-order valence-electron chi connectivity index (χ0n) is 12.6. The second-order valence-electron chi connectivity index (χ2n) is 5.65. The normalized spacial score (nSPS) is 16.3. The molecule has 0 saturated carbocycles. The SMILES string of the molecule is Cn1ccc(CCNC2CCN(c3ccncc3)CC2)n1. The molecule has 1 fully saturated rings. The van der Waals surface area contributed by atoms with Crippen LogP contribution in [-0.2, 0) is 13.5 Å². The van der Waals surface area contributed by atoms with Gasteiger partial charge in [-0.05, 0) is 31.0 Å². The molecule has 5 heteroatoms. The monoisotopic (exact) mass is 285 g/mol. The van der Waals surface area contributed by atoms with Crippen molar-refractivity contribution in [2.45, 2.75) is 25.3 Å². The lowest BCUT2D eigenvalue weighted by atomic mass is 10.0. The molecule has 2 aromatic heterocycles. The van der Waals surface area contributed by atoms with Crippen LogP contribution in [0.3, 0.4) is 0 Å². The highest BCUT2D eigenvalue weighted by molar-refractivity contribution is 5.44. The van der Waals surface area contributed by atoms with Crippen LogP contribution in [0.4, 0.5) is 5.69 Å². The van der Waals surface area contributed by atoms with Crippen molar-refractivity contribution in [1.82, 2.24) is 20.1 Å². The molecule has 1 aliphatic heterocycles. The van der Waals surface area contributed by atoms with Crippen LogP contribution in [0.15, 0.2) is 36.8 Å². The Bertz CT molecular complexity index is 543. The van der Waals surface area contributed by atoms with Crippen molar-refractivity contribution in [3.05, 3.63) is 42.5 Å². The van der Waals surface area contributed by atoms with Crippen LogP contribution in [-0.4, -0.2) is 40.4 Å². The first-order valence-electron chi connectivity index (χ1n) is 7.68. The number of aryl methyl sites for hydroxylation is 1. The number of nitrogens with zero attached hydrogens (tertiary/aromatic N) is 4. The summed E-state index contributed by atoms with van der Waals surface area (Å²) < 4.78 is 1.86. The molecule has 1 saturated heterocycles. The lowest BCUT2D eigenvalue weighted by Gasteiger charge is -2.34. The van der Waals surface area contributed by atoms with E-state index in [9.17, 15) is 0 Å². The zero-order valence-corrected chi connectivity index (χ0v) is 12.6. The molecule has 5 nitrogen and oxygen atoms in total. The van der Waals surface area contributed by atoms with Gasteiger partial charge in [0.15, 0.2) is 0 Å². The Kier molecular flexibility index (Phi) is 4.50. The first-order chi connectivity index (χ1) is 10.3. The Morgan fingerprint density at radius 1 is 1.19 bits per heavy atom. The molecular formula is C16H23N5. The highest BCUT2D eigenvalue weighted by Crippen LogP contribution is 2.18. The topological polar surface area (TPSA) is 46.0 Å². The highest BCUT2D eigenvalue weighted by atomic mass is 15.2. The number of hydrogen-bond acceptors (Lipinski definition) is 4. The number of nitrogens with one attached hydrogen (secondary N) is 1. The number of hydrogen-bond donors (Lipinski definition) is 1. The maximum atomic E-state index is 4.41. The molecule has 0 bridgehead atoms. The molecule has 0 unspecified atom stereocenters. The van der Waals surface area contributed by atoms with Crippen LogP contribution in [0.5, 0.6) is 0 Å². The number of pyridine rings is 1. The van der Waals surface area contributed by atoms with E-state index < -0.39 is 0 Å². The molecule has 0 amide bonds. The van der Waals surface area contributed by atoms with Crippen molar-refractivity contribution in [2.24, 2.45) is 7.05 Å². The van der Waals surface area contributed by atoms with Gasteiger partial charge in [0.25, 0.3) is 0 Å². The van der Waals surface area contributed by atoms with Gasteiger partial charge in [-0.2, -0.15) is 5.10 Å². The smallest absolute Gasteiger partial charge is 0.0637 e. The summed E-state index contributed by atoms with van der Waals surface area (Å²) in [6.45, 7) is 3.24. The molecule has 21 heavy (non-hydrogen) atoms. The minimum Gasteiger partial charge on any atom is -0.371 e. The first-order valence-corrected chi connectivity index (χ1v) is 7.68. The van der Waals surface area contributed by atoms with E-state index in [4.69, 9.17) is 0 Å². The second-order valence-corrected chi connectivity index (χ2v) is 5.65. The molecule has 0 aromatic carbocycles. The van der Waals surface area contributed by atoms with Crippen molar-refractivity contribution in [3.8, 4) is 0 Å². The van der Waals surface area contributed by atoms with Crippen LogP contribution in [0.25, 0.3) is 0 Å². The predicted molar refractivity (Wildman–Crippen MR) is 84.4 cm³/mol. The van der Waals surface area contributed by atoms with Gasteiger partial charge in [-0.15, -0.1) is 0 Å². The first kappa shape index (κ1) is 14.1. The number of rotatable bonds is 5. The van der Waals surface area contributed by atoms with E-state index in [0.29, 0.717) is 6.04 Å². The number of anilines is 1. The Labute approximate surface area is 126 Å². The Morgan fingerprint density at radius 2 is 1.95 bits per heavy atom. The number of aromatic nitrogens is 3. The van der Waals surface area contributed by atoms with Crippen LogP contribution < -0.4 is 10.2 Å². The molecule has 2 aromatic rings. The fourth-order valence-corrected chi connectivity index (χ4v) is 2.90. The summed E-state index contributed by atoms with van der Waals surface area (Å²) in [5, 5.41) is 8.07. The van der Waals surface area contributed by atoms with E-state index in [1.54, 1.807) is 0 Å². The quantitative estimate of drug-likeness (QED) is 0.907. The third-order valence-corrected chi connectivity index (χ3v) is 4.11. The van der Waals surface area contributed by atoms with Crippen molar-refractivity contribution < 1.29 is 0 Å². The summed E-state index contributed by atoms with van der Waals surface area (Å²) in [7, 11) is 1.96. The summed E-state index contributed by atoms with van der Waals surface area (Å²) in [5.74, 6) is 0. The van der Waals surface area contributed by atoms with Gasteiger partial charge >= 0.3 is 0 Å². The summed E-state index contributed by atoms with van der Waals surface area (Å²) in [6, 6.07) is 6.91. The molecule has 0 aliphatic carbocycles. The molecule has 112 valence electrons. The van der Waals surface area contributed by atoms with Crippen molar-refractivity contribution in [3.63, 3.8) is 0 Å². The van der Waals surface area contributed by atoms with Crippen LogP contribution in [0, 0.1) is 0 Å². The summed E-state index contributed by atoms with van der Waals surface area (Å²) >= 11 is 0. The van der Waals surface area contributed by atoms with Gasteiger partial charge in [-0.25, -0.2) is 0 Å². The summed E-state index contributed by atoms with van der Waals surface area (Å²) in [6.07, 6.45) is 9.14. The van der Waals surface area contributed by atoms with E-state index in [1.165, 1.54) is 24.2 Å². The Balaban J connectivity index is 1.40. The van der Waals surface area contributed by atoms with E-state index in [2.05, 4.69) is 38.5 Å². The molecule has 1 N–H and O–H groups in total. The molecule has 0 radical (unpaired) electrons. The fraction of sp³-hybridized carbons (Fsp3) is 0.500. The minimum absolute atomic E-state index is 0.631. The second kappa shape index (κ2) is 6.72. The van der Waals surface area contributed by atoms with E-state index in [-0.39, 0.29) is 0 Å². The lowest BCUT2D eigenvalue weighted by molar-refractivity contribution is 0.417. The van der Waals surface area contributed by atoms with Gasteiger partial charge in [-0.1, -0.05) is 0 Å². The van der Waals surface area contributed by atoms with Gasteiger partial charge in [0, 0.05) is 63.4 Å². The fourth-order valence-electron chi connectivity index (χ4n) is 2.90. The predicted octanol–water partition coefficient (Wildman–Crippen LogP) is 1.62. The van der Waals surface area contributed by atoms with Gasteiger partial charge in [0.2, 0.25) is 0 Å². The average Bonchev–Trinajstić information content (AvgIpc) is 2.94. The third kappa shape index (κ3) is 3.82. The molecule has 3 rings (SSSR count). The largest absolute Gasteiger partial charge is 0.371 e. The van der Waals surface area contributed by atoms with E-state index in [0.717, 1.165) is 26.1 Å². The zero-order chi connectivity index (χ0) is 14.5. The Hall–Kier alpha value is -1.88. The van der Waals surface area contributed by atoms with Crippen molar-refractivity contribution in [1.29, 1.82) is 0 Å². The van der Waals surface area contributed by atoms with E-state index >= 15 is 0 Å². The summed E-state index contributed by atoms with van der Waals surface area (Å²) in [5.41, 5.74) is 2.45. The van der Waals surface area contributed by atoms with Crippen LogP contribution in [0.2, 0.25) is 0 Å². The van der Waals surface area contributed by atoms with Gasteiger partial charge < -0.3 is 10.2 Å². The van der Waals surface area contributed by atoms with E-state index in [1.807, 2.05) is 30.3 Å². The maximum absolute atomic E-state index is 4.41. The molecular weight excluding hydrogens is 262 g/mol. The Morgan fingerprint density at radius 3 is 2.62 bits per heavy atom. The maximum Gasteiger partial charge on any atom is 0.0637 e. The lowest BCUT2D eigenvalue weighted by Crippen LogP contribution is -2.43. The number of piperidine rings is 1. The molecule has 0 spiro atoms. The highest BCUT2D eigenvalue weighted by Gasteiger charge is 2.18. The minimum atomic E-state index is 0.631. The van der Waals surface area contributed by atoms with Gasteiger partial charge in [0.1, 0.15) is 0 Å². The van der Waals surface area contributed by atoms with Gasteiger partial charge in [-0.3, -0.25) is 9.67 Å². The van der Waals surface area contributed by atoms with Crippen molar-refractivity contribution >= 4 is 5.69 Å². The third-order valence-electron chi connectivity index (χ3n) is 4.11. The average molecular weight is 285 g/mol. The molecule has 0 atom stereocenters. The standard InChI is InChI=1S/C16H23N5/c1-20-11-5-15(19-20)2-10-18-14-6-12-21(13-7-14)16-3-8-17-9-4-16/h3-5,8-9,11,14,18H,2,6-7,10,12-13H2,1H3. The van der Waals surface area contributed by atoms with Crippen LogP contribution >= 0.6 is 0 Å². The molecule has 3 heterocycles. The van der Waals surface area contributed by atoms with Gasteiger partial charge in [0.05, 0.1) is 5.69 Å². The molecule has 1 aliphatic rings. The van der Waals surface area contributed by atoms with Crippen molar-refractivity contribution in [2.75, 3.05) is 24.5 Å².